The SMILES string of the molecule is CCCC(CCO)CN=C(NCC)NCCc1ccccn1. The fourth-order valence-electron chi connectivity index (χ4n) is 2.33. The van der Waals surface area contributed by atoms with Gasteiger partial charge in [-0.1, -0.05) is 19.4 Å². The Balaban J connectivity index is 2.43. The third-order valence-corrected chi connectivity index (χ3v) is 3.49. The zero-order valence-corrected chi connectivity index (χ0v) is 13.9. The number of aliphatic imine (C=N–C) groups is 1. The lowest BCUT2D eigenvalue weighted by Crippen LogP contribution is -2.38. The van der Waals surface area contributed by atoms with Gasteiger partial charge < -0.3 is 15.7 Å². The molecule has 0 spiro atoms. The summed E-state index contributed by atoms with van der Waals surface area (Å²) in [4.78, 5) is 8.96. The fraction of sp³-hybridized carbons (Fsp3) is 0.647. The number of pyridine rings is 1. The van der Waals surface area contributed by atoms with Crippen LogP contribution in [0.3, 0.4) is 0 Å². The van der Waals surface area contributed by atoms with Gasteiger partial charge in [-0.3, -0.25) is 9.98 Å². The Morgan fingerprint density at radius 3 is 2.77 bits per heavy atom. The van der Waals surface area contributed by atoms with Gasteiger partial charge in [0.1, 0.15) is 0 Å². The number of nitrogens with zero attached hydrogens (tertiary/aromatic N) is 2. The van der Waals surface area contributed by atoms with E-state index >= 15 is 0 Å². The van der Waals surface area contributed by atoms with Crippen molar-refractivity contribution in [2.75, 3.05) is 26.2 Å². The van der Waals surface area contributed by atoms with Crippen molar-refractivity contribution >= 4 is 5.96 Å². The van der Waals surface area contributed by atoms with Gasteiger partial charge in [0.2, 0.25) is 0 Å². The second kappa shape index (κ2) is 12.0. The van der Waals surface area contributed by atoms with Crippen molar-refractivity contribution in [2.24, 2.45) is 10.9 Å². The second-order valence-corrected chi connectivity index (χ2v) is 5.38. The zero-order valence-electron chi connectivity index (χ0n) is 13.9. The molecule has 0 amide bonds. The van der Waals surface area contributed by atoms with Crippen LogP contribution in [0.25, 0.3) is 0 Å². The summed E-state index contributed by atoms with van der Waals surface area (Å²) in [6.07, 6.45) is 5.76. The molecule has 124 valence electrons. The summed E-state index contributed by atoms with van der Waals surface area (Å²) in [7, 11) is 0. The number of guanidine groups is 1. The third-order valence-electron chi connectivity index (χ3n) is 3.49. The lowest BCUT2D eigenvalue weighted by molar-refractivity contribution is 0.253. The summed E-state index contributed by atoms with van der Waals surface area (Å²) in [6.45, 7) is 6.88. The quantitative estimate of drug-likeness (QED) is 0.457. The molecule has 5 nitrogen and oxygen atoms in total. The van der Waals surface area contributed by atoms with Gasteiger partial charge in [0.15, 0.2) is 5.96 Å². The summed E-state index contributed by atoms with van der Waals surface area (Å²) >= 11 is 0. The molecule has 22 heavy (non-hydrogen) atoms. The minimum Gasteiger partial charge on any atom is -0.396 e. The molecule has 0 aliphatic rings. The number of nitrogens with one attached hydrogen (secondary N) is 2. The highest BCUT2D eigenvalue weighted by Gasteiger charge is 2.07. The topological polar surface area (TPSA) is 69.5 Å². The molecule has 1 rings (SSSR count). The fourth-order valence-corrected chi connectivity index (χ4v) is 2.33. The molecule has 1 aromatic heterocycles. The second-order valence-electron chi connectivity index (χ2n) is 5.38. The number of hydrogen-bond donors (Lipinski definition) is 3. The Morgan fingerprint density at radius 1 is 1.27 bits per heavy atom. The third kappa shape index (κ3) is 7.98. The predicted molar refractivity (Wildman–Crippen MR) is 92.0 cm³/mol. The van der Waals surface area contributed by atoms with E-state index in [0.717, 1.165) is 57.0 Å². The van der Waals surface area contributed by atoms with E-state index in [0.29, 0.717) is 5.92 Å². The average molecular weight is 306 g/mol. The van der Waals surface area contributed by atoms with E-state index in [4.69, 9.17) is 5.11 Å². The van der Waals surface area contributed by atoms with E-state index in [2.05, 4.69) is 34.5 Å². The maximum absolute atomic E-state index is 9.11. The Hall–Kier alpha value is -1.62. The number of hydrogen-bond acceptors (Lipinski definition) is 3. The average Bonchev–Trinajstić information content (AvgIpc) is 2.54. The van der Waals surface area contributed by atoms with Gasteiger partial charge in [0.25, 0.3) is 0 Å². The van der Waals surface area contributed by atoms with Crippen molar-refractivity contribution in [3.63, 3.8) is 0 Å². The molecular formula is C17H30N4O. The number of aliphatic hydroxyl groups excluding tert-OH is 1. The Kier molecular flexibility index (Phi) is 10.0. The molecule has 0 aliphatic heterocycles. The van der Waals surface area contributed by atoms with Gasteiger partial charge in [0.05, 0.1) is 0 Å². The van der Waals surface area contributed by atoms with Gasteiger partial charge in [-0.25, -0.2) is 0 Å². The molecule has 3 N–H and O–H groups in total. The molecule has 1 heterocycles. The molecule has 1 aromatic rings. The van der Waals surface area contributed by atoms with Gasteiger partial charge >= 0.3 is 0 Å². The van der Waals surface area contributed by atoms with Crippen molar-refractivity contribution in [1.29, 1.82) is 0 Å². The molecule has 0 bridgehead atoms. The Bertz CT molecular complexity index is 402. The zero-order chi connectivity index (χ0) is 16.0. The highest BCUT2D eigenvalue weighted by molar-refractivity contribution is 5.79. The summed E-state index contributed by atoms with van der Waals surface area (Å²) in [6, 6.07) is 5.97. The highest BCUT2D eigenvalue weighted by atomic mass is 16.3. The highest BCUT2D eigenvalue weighted by Crippen LogP contribution is 2.10. The summed E-state index contributed by atoms with van der Waals surface area (Å²) in [5, 5.41) is 15.7. The van der Waals surface area contributed by atoms with Gasteiger partial charge in [-0.15, -0.1) is 0 Å². The van der Waals surface area contributed by atoms with E-state index in [1.165, 1.54) is 0 Å². The van der Waals surface area contributed by atoms with Crippen molar-refractivity contribution in [2.45, 2.75) is 39.5 Å². The van der Waals surface area contributed by atoms with Crippen LogP contribution >= 0.6 is 0 Å². The molecule has 1 unspecified atom stereocenters. The maximum Gasteiger partial charge on any atom is 0.191 e. The molecule has 0 fully saturated rings. The van der Waals surface area contributed by atoms with E-state index in [9.17, 15) is 0 Å². The van der Waals surface area contributed by atoms with Crippen LogP contribution in [-0.4, -0.2) is 42.3 Å². The lowest BCUT2D eigenvalue weighted by atomic mass is 10.0. The van der Waals surface area contributed by atoms with Crippen LogP contribution in [0.15, 0.2) is 29.4 Å². The molecule has 0 saturated heterocycles. The van der Waals surface area contributed by atoms with Crippen LogP contribution in [0.2, 0.25) is 0 Å². The lowest BCUT2D eigenvalue weighted by Gasteiger charge is -2.15. The Labute approximate surface area is 134 Å². The summed E-state index contributed by atoms with van der Waals surface area (Å²) in [5.74, 6) is 1.30. The number of aromatic nitrogens is 1. The van der Waals surface area contributed by atoms with Crippen molar-refractivity contribution in [3.8, 4) is 0 Å². The molecule has 0 aliphatic carbocycles. The molecule has 0 aromatic carbocycles. The molecular weight excluding hydrogens is 276 g/mol. The van der Waals surface area contributed by atoms with Gasteiger partial charge in [0, 0.05) is 44.6 Å². The van der Waals surface area contributed by atoms with E-state index in [1.54, 1.807) is 0 Å². The van der Waals surface area contributed by atoms with Crippen molar-refractivity contribution in [3.05, 3.63) is 30.1 Å². The first kappa shape index (κ1) is 18.4. The van der Waals surface area contributed by atoms with Crippen LogP contribution < -0.4 is 10.6 Å². The van der Waals surface area contributed by atoms with Crippen molar-refractivity contribution < 1.29 is 5.11 Å². The largest absolute Gasteiger partial charge is 0.396 e. The van der Waals surface area contributed by atoms with Crippen LogP contribution in [0.4, 0.5) is 0 Å². The van der Waals surface area contributed by atoms with Crippen LogP contribution in [0, 0.1) is 5.92 Å². The smallest absolute Gasteiger partial charge is 0.191 e. The van der Waals surface area contributed by atoms with Crippen LogP contribution in [0.5, 0.6) is 0 Å². The van der Waals surface area contributed by atoms with E-state index < -0.39 is 0 Å². The first-order valence-corrected chi connectivity index (χ1v) is 8.33. The summed E-state index contributed by atoms with van der Waals surface area (Å²) < 4.78 is 0. The van der Waals surface area contributed by atoms with E-state index in [1.807, 2.05) is 24.4 Å². The Morgan fingerprint density at radius 2 is 2.14 bits per heavy atom. The summed E-state index contributed by atoms with van der Waals surface area (Å²) in [5.41, 5.74) is 1.08. The van der Waals surface area contributed by atoms with Crippen LogP contribution in [0.1, 0.15) is 38.8 Å². The molecule has 5 heteroatoms. The molecule has 1 atom stereocenters. The normalized spacial score (nSPS) is 13.0. The van der Waals surface area contributed by atoms with Gasteiger partial charge in [-0.2, -0.15) is 0 Å². The standard InChI is InChI=1S/C17H30N4O/c1-3-7-15(10-13-22)14-21-17(18-4-2)20-12-9-16-8-5-6-11-19-16/h5-6,8,11,15,22H,3-4,7,9-10,12-14H2,1-2H3,(H2,18,20,21). The first-order chi connectivity index (χ1) is 10.8. The first-order valence-electron chi connectivity index (χ1n) is 8.33. The van der Waals surface area contributed by atoms with E-state index in [-0.39, 0.29) is 6.61 Å². The number of aliphatic hydroxyl groups is 1. The van der Waals surface area contributed by atoms with Crippen LogP contribution in [-0.2, 0) is 6.42 Å². The van der Waals surface area contributed by atoms with Gasteiger partial charge in [-0.05, 0) is 37.8 Å². The molecule has 0 saturated carbocycles. The maximum atomic E-state index is 9.11. The molecule has 0 radical (unpaired) electrons. The monoisotopic (exact) mass is 306 g/mol. The predicted octanol–water partition coefficient (Wildman–Crippen LogP) is 1.98. The minimum atomic E-state index is 0.240. The number of rotatable bonds is 10. The van der Waals surface area contributed by atoms with Crippen molar-refractivity contribution in [1.82, 2.24) is 15.6 Å². The minimum absolute atomic E-state index is 0.240.